The maximum atomic E-state index is 10.1. The molecule has 0 aliphatic carbocycles. The molecule has 0 spiro atoms. The third-order valence-electron chi connectivity index (χ3n) is 1.29. The van der Waals surface area contributed by atoms with Crippen molar-refractivity contribution < 1.29 is 9.90 Å². The van der Waals surface area contributed by atoms with Crippen LogP contribution in [0.15, 0.2) is 0 Å². The van der Waals surface area contributed by atoms with Crippen molar-refractivity contribution in [2.75, 3.05) is 6.54 Å². The van der Waals surface area contributed by atoms with Gasteiger partial charge in [-0.25, -0.2) is 0 Å². The van der Waals surface area contributed by atoms with Crippen LogP contribution in [0.1, 0.15) is 19.3 Å². The molecule has 0 saturated carbocycles. The van der Waals surface area contributed by atoms with Crippen LogP contribution < -0.4 is 11.5 Å². The molecule has 0 aromatic carbocycles. The van der Waals surface area contributed by atoms with Crippen molar-refractivity contribution >= 4 is 19.5 Å². The molecular formula is C6H16N2O2S. The third-order valence-corrected chi connectivity index (χ3v) is 1.29. The fraction of sp³-hybridized carbons (Fsp3) is 0.833. The molecule has 0 aromatic rings. The van der Waals surface area contributed by atoms with Gasteiger partial charge in [-0.2, -0.15) is 13.5 Å². The molecule has 0 rings (SSSR count). The van der Waals surface area contributed by atoms with Gasteiger partial charge in [0.15, 0.2) is 0 Å². The highest BCUT2D eigenvalue weighted by Gasteiger charge is 2.09. The van der Waals surface area contributed by atoms with Gasteiger partial charge < -0.3 is 16.6 Å². The van der Waals surface area contributed by atoms with Crippen molar-refractivity contribution in [2.24, 2.45) is 11.5 Å². The summed E-state index contributed by atoms with van der Waals surface area (Å²) in [5.41, 5.74) is 10.4. The van der Waals surface area contributed by atoms with Gasteiger partial charge in [-0.15, -0.1) is 0 Å². The van der Waals surface area contributed by atoms with Gasteiger partial charge in [0.1, 0.15) is 6.04 Å². The van der Waals surface area contributed by atoms with Gasteiger partial charge in [0, 0.05) is 0 Å². The molecule has 0 aliphatic rings. The number of nitrogens with two attached hydrogens (primary N) is 2. The van der Waals surface area contributed by atoms with Gasteiger partial charge in [0.25, 0.3) is 0 Å². The zero-order valence-electron chi connectivity index (χ0n) is 6.42. The monoisotopic (exact) mass is 180 g/mol. The average Bonchev–Trinajstić information content (AvgIpc) is 1.88. The Morgan fingerprint density at radius 3 is 2.36 bits per heavy atom. The average molecular weight is 180 g/mol. The van der Waals surface area contributed by atoms with Gasteiger partial charge in [0.05, 0.1) is 0 Å². The SMILES string of the molecule is NCCCC[C@H](N)C(=O)O.S. The number of carboxylic acids is 1. The lowest BCUT2D eigenvalue weighted by molar-refractivity contribution is -0.138. The van der Waals surface area contributed by atoms with Crippen molar-refractivity contribution in [3.63, 3.8) is 0 Å². The van der Waals surface area contributed by atoms with E-state index in [0.29, 0.717) is 13.0 Å². The van der Waals surface area contributed by atoms with E-state index in [1.165, 1.54) is 0 Å². The standard InChI is InChI=1S/C6H14N2O2.H2S/c7-4-2-1-3-5(8)6(9)10;/h5H,1-4,7-8H2,(H,9,10);1H2/t5-;/m0./s1. The van der Waals surface area contributed by atoms with E-state index in [1.807, 2.05) is 0 Å². The maximum absolute atomic E-state index is 10.1. The van der Waals surface area contributed by atoms with Crippen molar-refractivity contribution in [1.29, 1.82) is 0 Å². The normalized spacial score (nSPS) is 11.8. The molecule has 5 N–H and O–H groups in total. The van der Waals surface area contributed by atoms with Crippen molar-refractivity contribution in [3.05, 3.63) is 0 Å². The lowest BCUT2D eigenvalue weighted by Gasteiger charge is -2.03. The van der Waals surface area contributed by atoms with E-state index in [9.17, 15) is 4.79 Å². The first-order valence-corrected chi connectivity index (χ1v) is 3.37. The summed E-state index contributed by atoms with van der Waals surface area (Å²) in [6, 6.07) is -0.716. The topological polar surface area (TPSA) is 89.3 Å². The highest BCUT2D eigenvalue weighted by atomic mass is 32.1. The van der Waals surface area contributed by atoms with E-state index in [-0.39, 0.29) is 13.5 Å². The fourth-order valence-corrected chi connectivity index (χ4v) is 0.632. The molecule has 68 valence electrons. The number of carboxylic acid groups (broad SMARTS) is 1. The highest BCUT2D eigenvalue weighted by Crippen LogP contribution is 1.96. The molecule has 0 saturated heterocycles. The quantitative estimate of drug-likeness (QED) is 0.504. The Hall–Kier alpha value is -0.260. The number of aliphatic carboxylic acids is 1. The minimum Gasteiger partial charge on any atom is -0.480 e. The Balaban J connectivity index is 0. The van der Waals surface area contributed by atoms with Crippen LogP contribution in [-0.4, -0.2) is 23.7 Å². The Kier molecular flexibility index (Phi) is 9.51. The van der Waals surface area contributed by atoms with Crippen LogP contribution in [0.5, 0.6) is 0 Å². The summed E-state index contributed by atoms with van der Waals surface area (Å²) in [5, 5.41) is 8.33. The van der Waals surface area contributed by atoms with Gasteiger partial charge in [-0.3, -0.25) is 4.79 Å². The lowest BCUT2D eigenvalue weighted by atomic mass is 10.1. The van der Waals surface area contributed by atoms with E-state index in [0.717, 1.165) is 12.8 Å². The Labute approximate surface area is 73.4 Å². The predicted octanol–water partition coefficient (Wildman–Crippen LogP) is -0.360. The number of unbranched alkanes of at least 4 members (excludes halogenated alkanes) is 1. The van der Waals surface area contributed by atoms with Gasteiger partial charge >= 0.3 is 5.97 Å². The molecule has 11 heavy (non-hydrogen) atoms. The number of hydrogen-bond donors (Lipinski definition) is 3. The summed E-state index contributed by atoms with van der Waals surface area (Å²) in [6.45, 7) is 0.604. The molecule has 0 aliphatic heterocycles. The Bertz CT molecular complexity index is 111. The van der Waals surface area contributed by atoms with Crippen molar-refractivity contribution in [3.8, 4) is 0 Å². The van der Waals surface area contributed by atoms with Crippen LogP contribution in [-0.2, 0) is 4.79 Å². The van der Waals surface area contributed by atoms with E-state index < -0.39 is 12.0 Å². The van der Waals surface area contributed by atoms with Crippen LogP contribution in [0.4, 0.5) is 0 Å². The molecule has 0 radical (unpaired) electrons. The molecule has 4 nitrogen and oxygen atoms in total. The Morgan fingerprint density at radius 2 is 2.00 bits per heavy atom. The van der Waals surface area contributed by atoms with Crippen LogP contribution >= 0.6 is 13.5 Å². The Morgan fingerprint density at radius 1 is 1.45 bits per heavy atom. The molecule has 5 heteroatoms. The minimum atomic E-state index is -0.933. The molecule has 0 bridgehead atoms. The van der Waals surface area contributed by atoms with Crippen LogP contribution in [0.25, 0.3) is 0 Å². The second-order valence-electron chi connectivity index (χ2n) is 2.23. The maximum Gasteiger partial charge on any atom is 0.320 e. The second-order valence-corrected chi connectivity index (χ2v) is 2.23. The molecule has 0 aromatic heterocycles. The molecule has 0 fully saturated rings. The fourth-order valence-electron chi connectivity index (χ4n) is 0.632. The van der Waals surface area contributed by atoms with Crippen LogP contribution in [0.3, 0.4) is 0 Å². The minimum absolute atomic E-state index is 0. The number of carbonyl (C=O) groups is 1. The first kappa shape index (κ1) is 13.3. The molecule has 0 unspecified atom stereocenters. The van der Waals surface area contributed by atoms with E-state index in [2.05, 4.69) is 0 Å². The third kappa shape index (κ3) is 7.64. The van der Waals surface area contributed by atoms with Gasteiger partial charge in [-0.05, 0) is 19.4 Å². The van der Waals surface area contributed by atoms with E-state index in [1.54, 1.807) is 0 Å². The van der Waals surface area contributed by atoms with Crippen LogP contribution in [0.2, 0.25) is 0 Å². The lowest BCUT2D eigenvalue weighted by Crippen LogP contribution is -2.29. The first-order valence-electron chi connectivity index (χ1n) is 3.37. The van der Waals surface area contributed by atoms with Crippen molar-refractivity contribution in [2.45, 2.75) is 25.3 Å². The summed E-state index contributed by atoms with van der Waals surface area (Å²) in [4.78, 5) is 10.1. The summed E-state index contributed by atoms with van der Waals surface area (Å²) in [6.07, 6.45) is 2.16. The summed E-state index contributed by atoms with van der Waals surface area (Å²) in [5.74, 6) is -0.933. The van der Waals surface area contributed by atoms with Crippen LogP contribution in [0, 0.1) is 0 Å². The van der Waals surface area contributed by atoms with E-state index >= 15 is 0 Å². The molecular weight excluding hydrogens is 164 g/mol. The molecule has 0 heterocycles. The largest absolute Gasteiger partial charge is 0.480 e. The summed E-state index contributed by atoms with van der Waals surface area (Å²) in [7, 11) is 0. The van der Waals surface area contributed by atoms with E-state index in [4.69, 9.17) is 16.6 Å². The molecule has 0 amide bonds. The summed E-state index contributed by atoms with van der Waals surface area (Å²) >= 11 is 0. The smallest absolute Gasteiger partial charge is 0.320 e. The summed E-state index contributed by atoms with van der Waals surface area (Å²) < 4.78 is 0. The van der Waals surface area contributed by atoms with Gasteiger partial charge in [0.2, 0.25) is 0 Å². The number of hydrogen-bond acceptors (Lipinski definition) is 3. The zero-order chi connectivity index (χ0) is 7.98. The van der Waals surface area contributed by atoms with Gasteiger partial charge in [-0.1, -0.05) is 6.42 Å². The number of rotatable bonds is 5. The first-order chi connectivity index (χ1) is 4.68. The predicted molar refractivity (Wildman–Crippen MR) is 48.9 cm³/mol. The zero-order valence-corrected chi connectivity index (χ0v) is 7.42. The van der Waals surface area contributed by atoms with Crippen molar-refractivity contribution in [1.82, 2.24) is 0 Å². The second kappa shape index (κ2) is 7.84. The highest BCUT2D eigenvalue weighted by molar-refractivity contribution is 7.59. The molecule has 1 atom stereocenters.